The average Bonchev–Trinajstić information content (AvgIpc) is 3.02. The summed E-state index contributed by atoms with van der Waals surface area (Å²) in [6.07, 6.45) is 1.65. The largest absolute Gasteiger partial charge is 0.484 e. The first-order chi connectivity index (χ1) is 10.0. The fourth-order valence-corrected chi connectivity index (χ4v) is 3.50. The number of halogens is 1. The topological polar surface area (TPSA) is 49.8 Å². The molecule has 1 heterocycles. The molecule has 3 rings (SSSR count). The van der Waals surface area contributed by atoms with E-state index in [1.807, 2.05) is 17.9 Å². The third-order valence-corrected chi connectivity index (χ3v) is 5.09. The van der Waals surface area contributed by atoms with E-state index in [0.29, 0.717) is 23.2 Å². The highest BCUT2D eigenvalue weighted by Gasteiger charge is 2.43. The van der Waals surface area contributed by atoms with Gasteiger partial charge in [0.05, 0.1) is 6.10 Å². The Labute approximate surface area is 129 Å². The van der Waals surface area contributed by atoms with E-state index < -0.39 is 0 Å². The molecular weight excluding hydrogens is 290 g/mol. The molecule has 21 heavy (non-hydrogen) atoms. The van der Waals surface area contributed by atoms with Crippen molar-refractivity contribution >= 4 is 17.5 Å². The van der Waals surface area contributed by atoms with Crippen LogP contribution in [0.5, 0.6) is 5.75 Å². The van der Waals surface area contributed by atoms with E-state index in [9.17, 15) is 9.90 Å². The van der Waals surface area contributed by atoms with Gasteiger partial charge in [0.1, 0.15) is 5.75 Å². The predicted molar refractivity (Wildman–Crippen MR) is 80.5 cm³/mol. The average molecular weight is 310 g/mol. The Morgan fingerprint density at radius 3 is 2.95 bits per heavy atom. The van der Waals surface area contributed by atoms with Crippen molar-refractivity contribution in [1.29, 1.82) is 0 Å². The first-order valence-corrected chi connectivity index (χ1v) is 7.77. The van der Waals surface area contributed by atoms with Crippen molar-refractivity contribution < 1.29 is 14.6 Å². The van der Waals surface area contributed by atoms with E-state index in [1.54, 1.807) is 12.1 Å². The Bertz CT molecular complexity index is 548. The van der Waals surface area contributed by atoms with Gasteiger partial charge in [-0.3, -0.25) is 4.79 Å². The highest BCUT2D eigenvalue weighted by atomic mass is 35.5. The number of rotatable bonds is 3. The lowest BCUT2D eigenvalue weighted by atomic mass is 10.00. The number of amides is 1. The molecule has 1 aliphatic carbocycles. The van der Waals surface area contributed by atoms with Gasteiger partial charge in [0.2, 0.25) is 0 Å². The van der Waals surface area contributed by atoms with E-state index in [0.717, 1.165) is 24.9 Å². The first-order valence-electron chi connectivity index (χ1n) is 7.39. The van der Waals surface area contributed by atoms with Crippen LogP contribution >= 0.6 is 11.6 Å². The lowest BCUT2D eigenvalue weighted by molar-refractivity contribution is -0.132. The maximum absolute atomic E-state index is 12.2. The summed E-state index contributed by atoms with van der Waals surface area (Å²) in [6.45, 7) is 3.36. The Morgan fingerprint density at radius 2 is 2.24 bits per heavy atom. The summed E-state index contributed by atoms with van der Waals surface area (Å²) in [5.41, 5.74) is 0.931. The number of carbonyl (C=O) groups is 1. The molecule has 1 aliphatic heterocycles. The van der Waals surface area contributed by atoms with Gasteiger partial charge in [-0.1, -0.05) is 11.6 Å². The SMILES string of the molecule is Cc1cc(OCC(=O)N2CC3CCC(O)C3C2)ccc1Cl. The number of aryl methyl sites for hydroxylation is 1. The number of aliphatic hydroxyl groups excluding tert-OH is 1. The highest BCUT2D eigenvalue weighted by molar-refractivity contribution is 6.31. The van der Waals surface area contributed by atoms with Gasteiger partial charge < -0.3 is 14.7 Å². The van der Waals surface area contributed by atoms with Crippen LogP contribution in [0.4, 0.5) is 0 Å². The number of nitrogens with zero attached hydrogens (tertiary/aromatic N) is 1. The van der Waals surface area contributed by atoms with Crippen molar-refractivity contribution in [3.63, 3.8) is 0 Å². The summed E-state index contributed by atoms with van der Waals surface area (Å²) >= 11 is 5.96. The van der Waals surface area contributed by atoms with Crippen molar-refractivity contribution in [3.05, 3.63) is 28.8 Å². The predicted octanol–water partition coefficient (Wildman–Crippen LogP) is 2.26. The fourth-order valence-electron chi connectivity index (χ4n) is 3.38. The molecule has 1 N–H and O–H groups in total. The molecule has 0 spiro atoms. The van der Waals surface area contributed by atoms with Gasteiger partial charge in [-0.15, -0.1) is 0 Å². The molecular formula is C16H20ClNO3. The number of benzene rings is 1. The van der Waals surface area contributed by atoms with E-state index in [4.69, 9.17) is 16.3 Å². The van der Waals surface area contributed by atoms with E-state index in [2.05, 4.69) is 0 Å². The molecule has 3 unspecified atom stereocenters. The maximum atomic E-state index is 12.2. The monoisotopic (exact) mass is 309 g/mol. The van der Waals surface area contributed by atoms with Gasteiger partial charge >= 0.3 is 0 Å². The molecule has 5 heteroatoms. The number of aliphatic hydroxyl groups is 1. The summed E-state index contributed by atoms with van der Waals surface area (Å²) < 4.78 is 5.55. The zero-order valence-electron chi connectivity index (χ0n) is 12.1. The quantitative estimate of drug-likeness (QED) is 0.932. The second kappa shape index (κ2) is 5.85. The lowest BCUT2D eigenvalue weighted by Crippen LogP contribution is -2.34. The van der Waals surface area contributed by atoms with Gasteiger partial charge in [-0.25, -0.2) is 0 Å². The summed E-state index contributed by atoms with van der Waals surface area (Å²) in [5.74, 6) is 1.36. The third-order valence-electron chi connectivity index (χ3n) is 4.66. The van der Waals surface area contributed by atoms with Crippen molar-refractivity contribution in [2.24, 2.45) is 11.8 Å². The standard InChI is InChI=1S/C16H20ClNO3/c1-10-6-12(3-4-14(10)17)21-9-16(20)18-7-11-2-5-15(19)13(11)8-18/h3-4,6,11,13,15,19H,2,5,7-9H2,1H3. The number of carbonyl (C=O) groups excluding carboxylic acids is 1. The van der Waals surface area contributed by atoms with Crippen LogP contribution in [-0.2, 0) is 4.79 Å². The van der Waals surface area contributed by atoms with Crippen LogP contribution in [0.1, 0.15) is 18.4 Å². The van der Waals surface area contributed by atoms with Gasteiger partial charge in [0.15, 0.2) is 6.61 Å². The van der Waals surface area contributed by atoms with Gasteiger partial charge in [0, 0.05) is 24.0 Å². The Kier molecular flexibility index (Phi) is 4.09. The van der Waals surface area contributed by atoms with E-state index in [-0.39, 0.29) is 24.5 Å². The molecule has 1 amide bonds. The molecule has 1 saturated carbocycles. The number of likely N-dealkylation sites (tertiary alicyclic amines) is 1. The van der Waals surface area contributed by atoms with Gasteiger partial charge in [-0.05, 0) is 49.4 Å². The molecule has 3 atom stereocenters. The lowest BCUT2D eigenvalue weighted by Gasteiger charge is -2.18. The number of fused-ring (bicyclic) bond motifs is 1. The van der Waals surface area contributed by atoms with Crippen LogP contribution in [0.25, 0.3) is 0 Å². The minimum atomic E-state index is -0.243. The van der Waals surface area contributed by atoms with Crippen LogP contribution < -0.4 is 4.74 Å². The summed E-state index contributed by atoms with van der Waals surface area (Å²) in [7, 11) is 0. The van der Waals surface area contributed by atoms with E-state index in [1.165, 1.54) is 0 Å². The Morgan fingerprint density at radius 1 is 1.43 bits per heavy atom. The molecule has 4 nitrogen and oxygen atoms in total. The molecule has 1 aromatic rings. The van der Waals surface area contributed by atoms with Gasteiger partial charge in [-0.2, -0.15) is 0 Å². The summed E-state index contributed by atoms with van der Waals surface area (Å²) in [5, 5.41) is 10.6. The minimum Gasteiger partial charge on any atom is -0.484 e. The van der Waals surface area contributed by atoms with Crippen LogP contribution in [0.2, 0.25) is 5.02 Å². The maximum Gasteiger partial charge on any atom is 0.260 e. The minimum absolute atomic E-state index is 0.01000. The zero-order valence-corrected chi connectivity index (χ0v) is 12.8. The van der Waals surface area contributed by atoms with Crippen molar-refractivity contribution in [3.8, 4) is 5.75 Å². The number of ether oxygens (including phenoxy) is 1. The third kappa shape index (κ3) is 3.01. The molecule has 0 bridgehead atoms. The highest BCUT2D eigenvalue weighted by Crippen LogP contribution is 2.38. The van der Waals surface area contributed by atoms with Crippen molar-refractivity contribution in [2.45, 2.75) is 25.9 Å². The first kappa shape index (κ1) is 14.7. The Balaban J connectivity index is 1.54. The van der Waals surface area contributed by atoms with Crippen LogP contribution in [0.15, 0.2) is 18.2 Å². The molecule has 1 aromatic carbocycles. The van der Waals surface area contributed by atoms with Gasteiger partial charge in [0.25, 0.3) is 5.91 Å². The summed E-state index contributed by atoms with van der Waals surface area (Å²) in [4.78, 5) is 14.0. The summed E-state index contributed by atoms with van der Waals surface area (Å²) in [6, 6.07) is 5.37. The normalized spacial score (nSPS) is 27.8. The fraction of sp³-hybridized carbons (Fsp3) is 0.562. The van der Waals surface area contributed by atoms with Crippen LogP contribution in [-0.4, -0.2) is 41.7 Å². The zero-order chi connectivity index (χ0) is 15.0. The number of hydrogen-bond donors (Lipinski definition) is 1. The van der Waals surface area contributed by atoms with Crippen molar-refractivity contribution in [1.82, 2.24) is 4.90 Å². The Hall–Kier alpha value is -1.26. The van der Waals surface area contributed by atoms with Crippen LogP contribution in [0.3, 0.4) is 0 Å². The molecule has 2 fully saturated rings. The molecule has 2 aliphatic rings. The number of hydrogen-bond acceptors (Lipinski definition) is 3. The smallest absolute Gasteiger partial charge is 0.260 e. The second-order valence-electron chi connectivity index (χ2n) is 6.07. The molecule has 1 saturated heterocycles. The molecule has 114 valence electrons. The second-order valence-corrected chi connectivity index (χ2v) is 6.47. The molecule has 0 aromatic heterocycles. The van der Waals surface area contributed by atoms with Crippen molar-refractivity contribution in [2.75, 3.05) is 19.7 Å². The van der Waals surface area contributed by atoms with E-state index >= 15 is 0 Å². The molecule has 0 radical (unpaired) electrons. The van der Waals surface area contributed by atoms with Crippen LogP contribution in [0, 0.1) is 18.8 Å².